The van der Waals surface area contributed by atoms with Crippen molar-refractivity contribution in [3.63, 3.8) is 0 Å². The highest BCUT2D eigenvalue weighted by molar-refractivity contribution is 9.10. The second-order valence-electron chi connectivity index (χ2n) is 3.05. The zero-order chi connectivity index (χ0) is 11.0. The van der Waals surface area contributed by atoms with Gasteiger partial charge in [0.25, 0.3) is 0 Å². The maximum absolute atomic E-state index is 10.8. The van der Waals surface area contributed by atoms with E-state index in [0.29, 0.717) is 10.9 Å². The molecule has 0 fully saturated rings. The highest BCUT2D eigenvalue weighted by Gasteiger charge is 2.11. The number of nitrogens with zero attached hydrogens (tertiary/aromatic N) is 1. The largest absolute Gasteiger partial charge is 0.478 e. The minimum atomic E-state index is -1.07. The van der Waals surface area contributed by atoms with E-state index < -0.39 is 5.97 Å². The Morgan fingerprint density at radius 3 is 2.87 bits per heavy atom. The van der Waals surface area contributed by atoms with Gasteiger partial charge in [-0.1, -0.05) is 15.9 Å². The van der Waals surface area contributed by atoms with E-state index in [0.717, 1.165) is 4.47 Å². The van der Waals surface area contributed by atoms with Gasteiger partial charge in [-0.05, 0) is 18.2 Å². The molecule has 1 heterocycles. The Labute approximate surface area is 93.9 Å². The molecule has 0 saturated carbocycles. The van der Waals surface area contributed by atoms with Crippen LogP contribution in [0.3, 0.4) is 0 Å². The number of halogens is 1. The first kappa shape index (κ1) is 9.92. The van der Waals surface area contributed by atoms with E-state index in [1.807, 2.05) is 6.07 Å². The molecule has 15 heavy (non-hydrogen) atoms. The van der Waals surface area contributed by atoms with E-state index in [4.69, 9.17) is 10.8 Å². The van der Waals surface area contributed by atoms with Gasteiger partial charge in [-0.15, -0.1) is 0 Å². The van der Waals surface area contributed by atoms with Crippen LogP contribution in [0.4, 0.5) is 5.69 Å². The van der Waals surface area contributed by atoms with Crippen LogP contribution in [0, 0.1) is 0 Å². The van der Waals surface area contributed by atoms with Crippen molar-refractivity contribution in [2.45, 2.75) is 0 Å². The number of hydrogen-bond donors (Lipinski definition) is 2. The monoisotopic (exact) mass is 266 g/mol. The summed E-state index contributed by atoms with van der Waals surface area (Å²) in [4.78, 5) is 14.8. The number of benzene rings is 1. The molecule has 76 valence electrons. The van der Waals surface area contributed by atoms with Crippen LogP contribution in [0.1, 0.15) is 10.4 Å². The van der Waals surface area contributed by atoms with E-state index in [1.165, 1.54) is 6.20 Å². The van der Waals surface area contributed by atoms with Crippen LogP contribution in [0.25, 0.3) is 10.9 Å². The Bertz CT molecular complexity index is 554. The SMILES string of the molecule is Nc1c(C(=O)O)cnc2ccc(Br)cc12. The first-order valence-corrected chi connectivity index (χ1v) is 4.96. The molecule has 0 atom stereocenters. The lowest BCUT2D eigenvalue weighted by atomic mass is 10.1. The molecule has 0 spiro atoms. The van der Waals surface area contributed by atoms with Gasteiger partial charge in [0.05, 0.1) is 11.2 Å². The highest BCUT2D eigenvalue weighted by Crippen LogP contribution is 2.25. The standard InChI is InChI=1S/C10H7BrN2O2/c11-5-1-2-8-6(3-5)9(12)7(4-13-8)10(14)15/h1-4H,(H2,12,13)(H,14,15). The number of nitrogens with two attached hydrogens (primary N) is 1. The fourth-order valence-corrected chi connectivity index (χ4v) is 1.72. The van der Waals surface area contributed by atoms with Gasteiger partial charge < -0.3 is 10.8 Å². The molecule has 0 unspecified atom stereocenters. The molecule has 2 aromatic rings. The number of carbonyl (C=O) groups is 1. The Morgan fingerprint density at radius 1 is 1.47 bits per heavy atom. The average Bonchev–Trinajstić information content (AvgIpc) is 2.19. The number of aromatic nitrogens is 1. The summed E-state index contributed by atoms with van der Waals surface area (Å²) in [6, 6.07) is 5.36. The van der Waals surface area contributed by atoms with Crippen LogP contribution < -0.4 is 5.73 Å². The number of rotatable bonds is 1. The highest BCUT2D eigenvalue weighted by atomic mass is 79.9. The Morgan fingerprint density at radius 2 is 2.20 bits per heavy atom. The van der Waals surface area contributed by atoms with Crippen molar-refractivity contribution < 1.29 is 9.90 Å². The summed E-state index contributed by atoms with van der Waals surface area (Å²) < 4.78 is 0.839. The summed E-state index contributed by atoms with van der Waals surface area (Å²) in [6.07, 6.45) is 1.27. The van der Waals surface area contributed by atoms with Gasteiger partial charge in [-0.2, -0.15) is 0 Å². The summed E-state index contributed by atoms with van der Waals surface area (Å²) in [5, 5.41) is 9.51. The Balaban J connectivity index is 2.82. The summed E-state index contributed by atoms with van der Waals surface area (Å²) in [7, 11) is 0. The fraction of sp³-hybridized carbons (Fsp3) is 0. The minimum absolute atomic E-state index is 0.0283. The topological polar surface area (TPSA) is 76.2 Å². The number of carboxylic acids is 1. The molecule has 1 aromatic heterocycles. The Kier molecular flexibility index (Phi) is 2.32. The molecule has 1 aromatic carbocycles. The number of aromatic carboxylic acids is 1. The van der Waals surface area contributed by atoms with Crippen LogP contribution in [-0.4, -0.2) is 16.1 Å². The van der Waals surface area contributed by atoms with Crippen molar-refractivity contribution in [1.29, 1.82) is 0 Å². The molecule has 0 bridgehead atoms. The summed E-state index contributed by atoms with van der Waals surface area (Å²) in [5.41, 5.74) is 6.70. The lowest BCUT2D eigenvalue weighted by molar-refractivity contribution is 0.0698. The van der Waals surface area contributed by atoms with Gasteiger partial charge in [0.2, 0.25) is 0 Å². The molecule has 0 aliphatic rings. The maximum Gasteiger partial charge on any atom is 0.339 e. The number of pyridine rings is 1. The van der Waals surface area contributed by atoms with Crippen molar-refractivity contribution in [2.75, 3.05) is 5.73 Å². The minimum Gasteiger partial charge on any atom is -0.478 e. The zero-order valence-corrected chi connectivity index (χ0v) is 9.15. The molecular weight excluding hydrogens is 260 g/mol. The van der Waals surface area contributed by atoms with Crippen molar-refractivity contribution >= 4 is 38.5 Å². The predicted molar refractivity (Wildman–Crippen MR) is 60.8 cm³/mol. The van der Waals surface area contributed by atoms with E-state index in [9.17, 15) is 4.79 Å². The number of nitrogen functional groups attached to an aromatic ring is 1. The maximum atomic E-state index is 10.8. The summed E-state index contributed by atoms with van der Waals surface area (Å²) in [5.74, 6) is -1.07. The molecule has 0 aliphatic carbocycles. The quantitative estimate of drug-likeness (QED) is 0.831. The van der Waals surface area contributed by atoms with E-state index in [1.54, 1.807) is 12.1 Å². The van der Waals surface area contributed by atoms with Crippen molar-refractivity contribution in [3.05, 3.63) is 34.4 Å². The number of fused-ring (bicyclic) bond motifs is 1. The molecule has 5 heteroatoms. The molecule has 2 rings (SSSR count). The van der Waals surface area contributed by atoms with Crippen molar-refractivity contribution in [3.8, 4) is 0 Å². The molecule has 4 nitrogen and oxygen atoms in total. The van der Waals surface area contributed by atoms with Crippen LogP contribution in [0.15, 0.2) is 28.9 Å². The molecular formula is C10H7BrN2O2. The average molecular weight is 267 g/mol. The van der Waals surface area contributed by atoms with Crippen LogP contribution >= 0.6 is 15.9 Å². The third kappa shape index (κ3) is 1.66. The van der Waals surface area contributed by atoms with E-state index in [2.05, 4.69) is 20.9 Å². The number of hydrogen-bond acceptors (Lipinski definition) is 3. The first-order chi connectivity index (χ1) is 7.09. The van der Waals surface area contributed by atoms with Crippen LogP contribution in [-0.2, 0) is 0 Å². The van der Waals surface area contributed by atoms with Gasteiger partial charge in [0, 0.05) is 16.1 Å². The van der Waals surface area contributed by atoms with Crippen molar-refractivity contribution in [1.82, 2.24) is 4.98 Å². The third-order valence-corrected chi connectivity index (χ3v) is 2.60. The lowest BCUT2D eigenvalue weighted by Crippen LogP contribution is -2.03. The van der Waals surface area contributed by atoms with Gasteiger partial charge in [-0.3, -0.25) is 4.98 Å². The second-order valence-corrected chi connectivity index (χ2v) is 3.97. The van der Waals surface area contributed by atoms with E-state index >= 15 is 0 Å². The zero-order valence-electron chi connectivity index (χ0n) is 7.57. The Hall–Kier alpha value is -1.62. The van der Waals surface area contributed by atoms with E-state index in [-0.39, 0.29) is 11.3 Å². The van der Waals surface area contributed by atoms with Gasteiger partial charge >= 0.3 is 5.97 Å². The van der Waals surface area contributed by atoms with Gasteiger partial charge in [0.15, 0.2) is 0 Å². The molecule has 3 N–H and O–H groups in total. The van der Waals surface area contributed by atoms with Crippen molar-refractivity contribution in [2.24, 2.45) is 0 Å². The normalized spacial score (nSPS) is 10.5. The van der Waals surface area contributed by atoms with Crippen LogP contribution in [0.2, 0.25) is 0 Å². The molecule has 0 amide bonds. The first-order valence-electron chi connectivity index (χ1n) is 4.16. The number of anilines is 1. The van der Waals surface area contributed by atoms with Gasteiger partial charge in [0.1, 0.15) is 5.56 Å². The lowest BCUT2D eigenvalue weighted by Gasteiger charge is -2.05. The predicted octanol–water partition coefficient (Wildman–Crippen LogP) is 2.28. The van der Waals surface area contributed by atoms with Gasteiger partial charge in [-0.25, -0.2) is 4.79 Å². The smallest absolute Gasteiger partial charge is 0.339 e. The van der Waals surface area contributed by atoms with Crippen LogP contribution in [0.5, 0.6) is 0 Å². The number of carboxylic acid groups (broad SMARTS) is 1. The summed E-state index contributed by atoms with van der Waals surface area (Å²) >= 11 is 3.30. The molecule has 0 saturated heterocycles. The molecule has 0 aliphatic heterocycles. The summed E-state index contributed by atoms with van der Waals surface area (Å²) in [6.45, 7) is 0. The third-order valence-electron chi connectivity index (χ3n) is 2.10. The second kappa shape index (κ2) is 3.51. The fourth-order valence-electron chi connectivity index (χ4n) is 1.36. The molecule has 0 radical (unpaired) electrons.